The van der Waals surface area contributed by atoms with Crippen LogP contribution in [0.25, 0.3) is 0 Å². The summed E-state index contributed by atoms with van der Waals surface area (Å²) in [7, 11) is 0. The number of rotatable bonds is 5. The SMILES string of the molecule is CCCn1ncnc1CC(=O)C(C(F)(F)F)C(F)(F)F. The average molecular weight is 303 g/mol. The average Bonchev–Trinajstić information content (AvgIpc) is 2.61. The van der Waals surface area contributed by atoms with Crippen LogP contribution in [0, 0.1) is 5.92 Å². The summed E-state index contributed by atoms with van der Waals surface area (Å²) in [5.41, 5.74) is 0. The monoisotopic (exact) mass is 303 g/mol. The van der Waals surface area contributed by atoms with Crippen molar-refractivity contribution in [1.29, 1.82) is 0 Å². The lowest BCUT2D eigenvalue weighted by molar-refractivity contribution is -0.273. The Bertz CT molecular complexity index is 450. The van der Waals surface area contributed by atoms with Gasteiger partial charge in [-0.2, -0.15) is 31.4 Å². The first kappa shape index (κ1) is 16.4. The first-order valence-corrected chi connectivity index (χ1v) is 5.60. The number of carbonyl (C=O) groups is 1. The number of hydrogen-bond donors (Lipinski definition) is 0. The Morgan fingerprint density at radius 1 is 1.25 bits per heavy atom. The summed E-state index contributed by atoms with van der Waals surface area (Å²) in [6.07, 6.45) is -10.9. The predicted molar refractivity (Wildman–Crippen MR) is 54.6 cm³/mol. The van der Waals surface area contributed by atoms with E-state index in [2.05, 4.69) is 10.1 Å². The van der Waals surface area contributed by atoms with Crippen LogP contribution in [0.2, 0.25) is 0 Å². The fourth-order valence-corrected chi connectivity index (χ4v) is 1.63. The van der Waals surface area contributed by atoms with E-state index < -0.39 is 30.5 Å². The highest BCUT2D eigenvalue weighted by atomic mass is 19.4. The standard InChI is InChI=1S/C10H11F6N3O/c1-2-3-19-7(17-5-18-19)4-6(20)8(9(11,12)13)10(14,15)16/h5,8H,2-4H2,1H3. The third-order valence-corrected chi connectivity index (χ3v) is 2.44. The number of alkyl halides is 6. The molecule has 114 valence electrons. The van der Waals surface area contributed by atoms with Gasteiger partial charge in [-0.3, -0.25) is 4.79 Å². The molecule has 0 aromatic carbocycles. The molecule has 1 aromatic heterocycles. The summed E-state index contributed by atoms with van der Waals surface area (Å²) in [6.45, 7) is 1.99. The second-order valence-electron chi connectivity index (χ2n) is 4.06. The predicted octanol–water partition coefficient (Wildman–Crippen LogP) is 2.54. The maximum atomic E-state index is 12.4. The highest BCUT2D eigenvalue weighted by molar-refractivity contribution is 5.84. The lowest BCUT2D eigenvalue weighted by Crippen LogP contribution is -2.43. The van der Waals surface area contributed by atoms with Crippen LogP contribution in [0.15, 0.2) is 6.33 Å². The Hall–Kier alpha value is -1.61. The number of carbonyl (C=O) groups excluding carboxylic acids is 1. The van der Waals surface area contributed by atoms with Gasteiger partial charge in [-0.05, 0) is 6.42 Å². The maximum absolute atomic E-state index is 12.4. The first-order chi connectivity index (χ1) is 9.07. The summed E-state index contributed by atoms with van der Waals surface area (Å²) < 4.78 is 75.3. The molecule has 0 aliphatic heterocycles. The minimum absolute atomic E-state index is 0.213. The fraction of sp³-hybridized carbons (Fsp3) is 0.700. The molecule has 0 atom stereocenters. The molecule has 1 heterocycles. The van der Waals surface area contributed by atoms with Gasteiger partial charge in [-0.1, -0.05) is 6.92 Å². The number of ketones is 1. The second kappa shape index (κ2) is 5.80. The molecule has 1 rings (SSSR count). The molecule has 0 fully saturated rings. The summed E-state index contributed by atoms with van der Waals surface area (Å²) >= 11 is 0. The normalized spacial score (nSPS) is 13.0. The molecule has 0 bridgehead atoms. The minimum atomic E-state index is -5.68. The van der Waals surface area contributed by atoms with Crippen molar-refractivity contribution in [3.63, 3.8) is 0 Å². The van der Waals surface area contributed by atoms with E-state index >= 15 is 0 Å². The van der Waals surface area contributed by atoms with Crippen molar-refractivity contribution in [2.45, 2.75) is 38.7 Å². The molecule has 4 nitrogen and oxygen atoms in total. The Morgan fingerprint density at radius 2 is 1.80 bits per heavy atom. The molecular formula is C10H11F6N3O. The largest absolute Gasteiger partial charge is 0.407 e. The summed E-state index contributed by atoms with van der Waals surface area (Å²) in [5.74, 6) is -6.20. The van der Waals surface area contributed by atoms with Gasteiger partial charge < -0.3 is 0 Å². The summed E-state index contributed by atoms with van der Waals surface area (Å²) in [4.78, 5) is 14.9. The Morgan fingerprint density at radius 3 is 2.25 bits per heavy atom. The molecule has 1 aromatic rings. The van der Waals surface area contributed by atoms with E-state index in [1.165, 1.54) is 0 Å². The molecule has 0 N–H and O–H groups in total. The second-order valence-corrected chi connectivity index (χ2v) is 4.06. The zero-order valence-electron chi connectivity index (χ0n) is 10.3. The van der Waals surface area contributed by atoms with Gasteiger partial charge in [0.05, 0.1) is 6.42 Å². The first-order valence-electron chi connectivity index (χ1n) is 5.60. The Labute approximate surface area is 109 Å². The van der Waals surface area contributed by atoms with Crippen molar-refractivity contribution in [3.05, 3.63) is 12.2 Å². The van der Waals surface area contributed by atoms with Gasteiger partial charge in [0, 0.05) is 6.54 Å². The molecule has 20 heavy (non-hydrogen) atoms. The van der Waals surface area contributed by atoms with Crippen molar-refractivity contribution in [2.75, 3.05) is 0 Å². The van der Waals surface area contributed by atoms with Crippen molar-refractivity contribution in [2.24, 2.45) is 5.92 Å². The molecule has 0 saturated heterocycles. The Balaban J connectivity index is 2.95. The number of hydrogen-bond acceptors (Lipinski definition) is 3. The van der Waals surface area contributed by atoms with E-state index in [1.54, 1.807) is 6.92 Å². The van der Waals surface area contributed by atoms with E-state index in [9.17, 15) is 31.1 Å². The van der Waals surface area contributed by atoms with E-state index in [0.717, 1.165) is 11.0 Å². The quantitative estimate of drug-likeness (QED) is 0.785. The van der Waals surface area contributed by atoms with Crippen LogP contribution < -0.4 is 0 Å². The van der Waals surface area contributed by atoms with Crippen molar-refractivity contribution in [1.82, 2.24) is 14.8 Å². The van der Waals surface area contributed by atoms with Gasteiger partial charge in [0.25, 0.3) is 0 Å². The van der Waals surface area contributed by atoms with Gasteiger partial charge in [-0.15, -0.1) is 0 Å². The van der Waals surface area contributed by atoms with E-state index in [-0.39, 0.29) is 12.4 Å². The van der Waals surface area contributed by atoms with Crippen LogP contribution in [-0.2, 0) is 17.8 Å². The highest BCUT2D eigenvalue weighted by Crippen LogP contribution is 2.40. The van der Waals surface area contributed by atoms with Gasteiger partial charge >= 0.3 is 12.4 Å². The summed E-state index contributed by atoms with van der Waals surface area (Å²) in [6, 6.07) is 0. The fourth-order valence-electron chi connectivity index (χ4n) is 1.63. The highest BCUT2D eigenvalue weighted by Gasteiger charge is 2.60. The van der Waals surface area contributed by atoms with Crippen molar-refractivity contribution in [3.8, 4) is 0 Å². The van der Waals surface area contributed by atoms with Crippen LogP contribution >= 0.6 is 0 Å². The van der Waals surface area contributed by atoms with E-state index in [4.69, 9.17) is 0 Å². The minimum Gasteiger partial charge on any atom is -0.298 e. The molecular weight excluding hydrogens is 292 g/mol. The maximum Gasteiger partial charge on any atom is 0.407 e. The van der Waals surface area contributed by atoms with E-state index in [1.807, 2.05) is 0 Å². The molecule has 0 amide bonds. The molecule has 0 saturated carbocycles. The zero-order valence-corrected chi connectivity index (χ0v) is 10.3. The topological polar surface area (TPSA) is 47.8 Å². The summed E-state index contributed by atoms with van der Waals surface area (Å²) in [5, 5.41) is 3.63. The third kappa shape index (κ3) is 3.94. The molecule has 0 aliphatic carbocycles. The molecule has 0 spiro atoms. The molecule has 0 aliphatic rings. The van der Waals surface area contributed by atoms with Crippen LogP contribution in [0.3, 0.4) is 0 Å². The van der Waals surface area contributed by atoms with Gasteiger partial charge in [0.2, 0.25) is 5.92 Å². The third-order valence-electron chi connectivity index (χ3n) is 2.44. The lowest BCUT2D eigenvalue weighted by atomic mass is 10.00. The molecule has 0 radical (unpaired) electrons. The van der Waals surface area contributed by atoms with Crippen molar-refractivity contribution < 1.29 is 31.1 Å². The number of aryl methyl sites for hydroxylation is 1. The number of nitrogens with zero attached hydrogens (tertiary/aromatic N) is 3. The van der Waals surface area contributed by atoms with Crippen LogP contribution in [0.4, 0.5) is 26.3 Å². The van der Waals surface area contributed by atoms with Gasteiger partial charge in [0.1, 0.15) is 12.2 Å². The lowest BCUT2D eigenvalue weighted by Gasteiger charge is -2.21. The van der Waals surface area contributed by atoms with Gasteiger partial charge in [0.15, 0.2) is 5.78 Å². The zero-order chi connectivity index (χ0) is 15.6. The van der Waals surface area contributed by atoms with E-state index in [0.29, 0.717) is 6.42 Å². The number of Topliss-reactive ketones (excluding diaryl/α,β-unsaturated/α-hetero) is 1. The molecule has 10 heteroatoms. The van der Waals surface area contributed by atoms with Crippen LogP contribution in [-0.4, -0.2) is 32.9 Å². The smallest absolute Gasteiger partial charge is 0.298 e. The van der Waals surface area contributed by atoms with Gasteiger partial charge in [-0.25, -0.2) is 9.67 Å². The van der Waals surface area contributed by atoms with Crippen molar-refractivity contribution >= 4 is 5.78 Å². The molecule has 0 unspecified atom stereocenters. The number of aromatic nitrogens is 3. The van der Waals surface area contributed by atoms with Crippen LogP contribution in [0.5, 0.6) is 0 Å². The van der Waals surface area contributed by atoms with Crippen LogP contribution in [0.1, 0.15) is 19.2 Å². The number of halogens is 6. The Kier molecular flexibility index (Phi) is 4.77.